The third-order valence-corrected chi connectivity index (χ3v) is 2.74. The highest BCUT2D eigenvalue weighted by Gasteiger charge is 2.10. The second-order valence-corrected chi connectivity index (χ2v) is 4.34. The smallest absolute Gasteiger partial charge is 0.172 e. The lowest BCUT2D eigenvalue weighted by molar-refractivity contribution is 0.318. The van der Waals surface area contributed by atoms with Gasteiger partial charge in [-0.15, -0.1) is 0 Å². The zero-order valence-electron chi connectivity index (χ0n) is 10.4. The van der Waals surface area contributed by atoms with E-state index in [1.54, 1.807) is 10.7 Å². The van der Waals surface area contributed by atoms with Gasteiger partial charge >= 0.3 is 0 Å². The predicted molar refractivity (Wildman–Crippen MR) is 70.2 cm³/mol. The zero-order chi connectivity index (χ0) is 13.1. The van der Waals surface area contributed by atoms with E-state index < -0.39 is 0 Å². The molecule has 0 fully saturated rings. The fraction of sp³-hybridized carbons (Fsp3) is 0.231. The van der Waals surface area contributed by atoms with Gasteiger partial charge in [0, 0.05) is 11.8 Å². The summed E-state index contributed by atoms with van der Waals surface area (Å²) in [6.45, 7) is 4.17. The van der Waals surface area contributed by atoms with Gasteiger partial charge < -0.3 is 10.9 Å². The van der Waals surface area contributed by atoms with Gasteiger partial charge in [-0.3, -0.25) is 0 Å². The van der Waals surface area contributed by atoms with Crippen LogP contribution in [0.1, 0.15) is 31.0 Å². The van der Waals surface area contributed by atoms with Crippen LogP contribution in [0.4, 0.5) is 0 Å². The Morgan fingerprint density at radius 3 is 2.67 bits per heavy atom. The molecule has 1 aromatic carbocycles. The largest absolute Gasteiger partial charge is 0.409 e. The van der Waals surface area contributed by atoms with Crippen LogP contribution in [-0.4, -0.2) is 20.8 Å². The normalized spacial score (nSPS) is 12.1. The summed E-state index contributed by atoms with van der Waals surface area (Å²) in [5.74, 6) is 0.439. The third-order valence-electron chi connectivity index (χ3n) is 2.74. The molecule has 2 rings (SSSR count). The number of nitrogens with zero attached hydrogens (tertiary/aromatic N) is 3. The van der Waals surface area contributed by atoms with Gasteiger partial charge in [0.15, 0.2) is 5.84 Å². The molecular formula is C13H16N4O. The average molecular weight is 244 g/mol. The molecule has 0 radical (unpaired) electrons. The summed E-state index contributed by atoms with van der Waals surface area (Å²) in [5, 5.41) is 16.3. The fourth-order valence-electron chi connectivity index (χ4n) is 1.72. The number of rotatable bonds is 3. The van der Waals surface area contributed by atoms with E-state index in [0.29, 0.717) is 11.5 Å². The Balaban J connectivity index is 2.50. The van der Waals surface area contributed by atoms with Crippen molar-refractivity contribution < 1.29 is 5.21 Å². The molecule has 1 aromatic heterocycles. The highest BCUT2D eigenvalue weighted by atomic mass is 16.4. The van der Waals surface area contributed by atoms with Crippen LogP contribution in [-0.2, 0) is 0 Å². The zero-order valence-corrected chi connectivity index (χ0v) is 10.4. The summed E-state index contributed by atoms with van der Waals surface area (Å²) >= 11 is 0. The summed E-state index contributed by atoms with van der Waals surface area (Å²) in [4.78, 5) is 0. The van der Waals surface area contributed by atoms with Crippen LogP contribution < -0.4 is 5.73 Å². The Labute approximate surface area is 106 Å². The number of oxime groups is 1. The lowest BCUT2D eigenvalue weighted by Gasteiger charge is -2.08. The summed E-state index contributed by atoms with van der Waals surface area (Å²) in [6.07, 6.45) is 1.87. The molecule has 94 valence electrons. The quantitative estimate of drug-likeness (QED) is 0.375. The molecule has 0 aliphatic carbocycles. The van der Waals surface area contributed by atoms with Crippen molar-refractivity contribution in [2.75, 3.05) is 0 Å². The number of benzene rings is 1. The number of hydrogen-bond acceptors (Lipinski definition) is 3. The van der Waals surface area contributed by atoms with Crippen molar-refractivity contribution in [3.8, 4) is 5.69 Å². The van der Waals surface area contributed by atoms with E-state index in [2.05, 4.69) is 24.1 Å². The minimum Gasteiger partial charge on any atom is -0.409 e. The van der Waals surface area contributed by atoms with Crippen LogP contribution >= 0.6 is 0 Å². The summed E-state index contributed by atoms with van der Waals surface area (Å²) < 4.78 is 1.74. The summed E-state index contributed by atoms with van der Waals surface area (Å²) in [7, 11) is 0. The standard InChI is InChI=1S/C13H16N4O/c1-9(2)11-7-8-17(15-11)12-6-4-3-5-10(12)13(14)16-18/h3-9,18H,1-2H3,(H2,14,16). The van der Waals surface area contributed by atoms with Crippen LogP contribution in [0.5, 0.6) is 0 Å². The topological polar surface area (TPSA) is 76.4 Å². The Morgan fingerprint density at radius 1 is 1.33 bits per heavy atom. The van der Waals surface area contributed by atoms with E-state index in [4.69, 9.17) is 10.9 Å². The van der Waals surface area contributed by atoms with Crippen molar-refractivity contribution in [1.82, 2.24) is 9.78 Å². The van der Waals surface area contributed by atoms with Gasteiger partial charge in [0.05, 0.1) is 11.4 Å². The van der Waals surface area contributed by atoms with E-state index in [-0.39, 0.29) is 5.84 Å². The Kier molecular flexibility index (Phi) is 3.32. The van der Waals surface area contributed by atoms with E-state index in [0.717, 1.165) is 11.4 Å². The molecule has 3 N–H and O–H groups in total. The molecule has 1 heterocycles. The number of hydrogen-bond donors (Lipinski definition) is 2. The minimum absolute atomic E-state index is 0.0761. The van der Waals surface area contributed by atoms with Gasteiger partial charge in [-0.25, -0.2) is 4.68 Å². The molecular weight excluding hydrogens is 228 g/mol. The average Bonchev–Trinajstić information content (AvgIpc) is 2.87. The van der Waals surface area contributed by atoms with Crippen molar-refractivity contribution in [3.05, 3.63) is 47.8 Å². The fourth-order valence-corrected chi connectivity index (χ4v) is 1.72. The van der Waals surface area contributed by atoms with Crippen molar-refractivity contribution in [2.45, 2.75) is 19.8 Å². The van der Waals surface area contributed by atoms with Crippen LogP contribution in [0.2, 0.25) is 0 Å². The Hall–Kier alpha value is -2.30. The summed E-state index contributed by atoms with van der Waals surface area (Å²) in [5.41, 5.74) is 8.10. The molecule has 0 unspecified atom stereocenters. The van der Waals surface area contributed by atoms with Crippen molar-refractivity contribution in [2.24, 2.45) is 10.9 Å². The number of para-hydroxylation sites is 1. The molecule has 5 heteroatoms. The highest BCUT2D eigenvalue weighted by molar-refractivity contribution is 6.00. The van der Waals surface area contributed by atoms with Crippen LogP contribution in [0, 0.1) is 0 Å². The number of amidine groups is 1. The van der Waals surface area contributed by atoms with E-state index >= 15 is 0 Å². The van der Waals surface area contributed by atoms with Gasteiger partial charge in [0.25, 0.3) is 0 Å². The van der Waals surface area contributed by atoms with Gasteiger partial charge in [0.2, 0.25) is 0 Å². The Morgan fingerprint density at radius 2 is 2.06 bits per heavy atom. The number of nitrogens with two attached hydrogens (primary N) is 1. The van der Waals surface area contributed by atoms with E-state index in [1.165, 1.54) is 0 Å². The monoisotopic (exact) mass is 244 g/mol. The third kappa shape index (κ3) is 2.20. The molecule has 0 spiro atoms. The maximum atomic E-state index is 8.79. The van der Waals surface area contributed by atoms with Gasteiger partial charge in [0.1, 0.15) is 0 Å². The lowest BCUT2D eigenvalue weighted by atomic mass is 10.1. The molecule has 0 atom stereocenters. The van der Waals surface area contributed by atoms with Crippen LogP contribution in [0.15, 0.2) is 41.7 Å². The molecule has 5 nitrogen and oxygen atoms in total. The van der Waals surface area contributed by atoms with Crippen molar-refractivity contribution in [1.29, 1.82) is 0 Å². The predicted octanol–water partition coefficient (Wildman–Crippen LogP) is 2.09. The molecule has 2 aromatic rings. The molecule has 0 saturated heterocycles. The second kappa shape index (κ2) is 4.91. The minimum atomic E-state index is 0.0761. The van der Waals surface area contributed by atoms with Crippen LogP contribution in [0.3, 0.4) is 0 Å². The molecule has 0 aliphatic rings. The second-order valence-electron chi connectivity index (χ2n) is 4.34. The lowest BCUT2D eigenvalue weighted by Crippen LogP contribution is -2.16. The molecule has 0 saturated carbocycles. The van der Waals surface area contributed by atoms with E-state index in [9.17, 15) is 0 Å². The Bertz CT molecular complexity index is 572. The molecule has 0 bridgehead atoms. The maximum Gasteiger partial charge on any atom is 0.172 e. The number of aromatic nitrogens is 2. The van der Waals surface area contributed by atoms with Gasteiger partial charge in [-0.1, -0.05) is 31.1 Å². The van der Waals surface area contributed by atoms with Crippen molar-refractivity contribution >= 4 is 5.84 Å². The first kappa shape index (κ1) is 12.2. The first-order chi connectivity index (χ1) is 8.63. The maximum absolute atomic E-state index is 8.79. The highest BCUT2D eigenvalue weighted by Crippen LogP contribution is 2.17. The van der Waals surface area contributed by atoms with Gasteiger partial charge in [-0.2, -0.15) is 5.10 Å². The van der Waals surface area contributed by atoms with Gasteiger partial charge in [-0.05, 0) is 24.1 Å². The molecule has 0 aliphatic heterocycles. The summed E-state index contributed by atoms with van der Waals surface area (Å²) in [6, 6.07) is 9.36. The molecule has 18 heavy (non-hydrogen) atoms. The van der Waals surface area contributed by atoms with Crippen molar-refractivity contribution in [3.63, 3.8) is 0 Å². The first-order valence-corrected chi connectivity index (χ1v) is 5.76. The SMILES string of the molecule is CC(C)c1ccn(-c2ccccc2C(N)=NO)n1. The first-order valence-electron chi connectivity index (χ1n) is 5.76. The van der Waals surface area contributed by atoms with E-state index in [1.807, 2.05) is 30.5 Å². The molecule has 0 amide bonds. The van der Waals surface area contributed by atoms with Crippen LogP contribution in [0.25, 0.3) is 5.69 Å².